The third-order valence-corrected chi connectivity index (χ3v) is 2.93. The minimum absolute atomic E-state index is 0.323. The molecule has 0 aliphatic carbocycles. The van der Waals surface area contributed by atoms with E-state index in [-0.39, 0.29) is 0 Å². The first-order valence-corrected chi connectivity index (χ1v) is 6.82. The Hall–Kier alpha value is -1.88. The molecule has 1 aromatic heterocycles. The fourth-order valence-corrected chi connectivity index (χ4v) is 2.15. The molecular weight excluding hydrogens is 260 g/mol. The first-order chi connectivity index (χ1) is 8.96. The number of rotatable bonds is 3. The number of esters is 1. The van der Waals surface area contributed by atoms with E-state index < -0.39 is 11.6 Å². The number of carbonyl (C=O) groups excluding carboxylic acids is 1. The molecule has 1 N–H and O–H groups in total. The predicted octanol–water partition coefficient (Wildman–Crippen LogP) is 3.84. The summed E-state index contributed by atoms with van der Waals surface area (Å²) in [6, 6.07) is 9.65. The number of ether oxygens (including phenoxy) is 1. The summed E-state index contributed by atoms with van der Waals surface area (Å²) in [6.45, 7) is 5.50. The third kappa shape index (κ3) is 3.79. The van der Waals surface area contributed by atoms with E-state index >= 15 is 0 Å². The van der Waals surface area contributed by atoms with Crippen LogP contribution in [0.25, 0.3) is 0 Å². The second kappa shape index (κ2) is 5.40. The lowest BCUT2D eigenvalue weighted by atomic mass is 10.2. The molecule has 1 aromatic carbocycles. The van der Waals surface area contributed by atoms with E-state index in [0.717, 1.165) is 5.69 Å². The van der Waals surface area contributed by atoms with Crippen LogP contribution in [0.5, 0.6) is 0 Å². The van der Waals surface area contributed by atoms with Gasteiger partial charge in [-0.2, -0.15) is 0 Å². The average molecular weight is 276 g/mol. The van der Waals surface area contributed by atoms with Gasteiger partial charge in [-0.3, -0.25) is 0 Å². The molecule has 2 aromatic rings. The van der Waals surface area contributed by atoms with Gasteiger partial charge in [-0.25, -0.2) is 9.78 Å². The van der Waals surface area contributed by atoms with Gasteiger partial charge in [0.05, 0.1) is 5.51 Å². The molecular formula is C14H16N2O2S. The number of nitrogens with zero attached hydrogens (tertiary/aromatic N) is 1. The molecule has 0 atom stereocenters. The van der Waals surface area contributed by atoms with Crippen molar-refractivity contribution in [3.63, 3.8) is 0 Å². The van der Waals surface area contributed by atoms with Crippen LogP contribution in [-0.2, 0) is 4.74 Å². The van der Waals surface area contributed by atoms with Crippen LogP contribution in [0.2, 0.25) is 0 Å². The Balaban J connectivity index is 2.16. The van der Waals surface area contributed by atoms with Crippen molar-refractivity contribution in [1.29, 1.82) is 0 Å². The van der Waals surface area contributed by atoms with E-state index in [0.29, 0.717) is 10.7 Å². The Morgan fingerprint density at radius 2 is 1.95 bits per heavy atom. The molecule has 0 fully saturated rings. The van der Waals surface area contributed by atoms with Crippen molar-refractivity contribution >= 4 is 28.0 Å². The van der Waals surface area contributed by atoms with Gasteiger partial charge in [0.1, 0.15) is 10.6 Å². The zero-order chi connectivity index (χ0) is 13.9. The lowest BCUT2D eigenvalue weighted by Gasteiger charge is -2.19. The summed E-state index contributed by atoms with van der Waals surface area (Å²) in [5.74, 6) is -0.410. The number of anilines is 2. The molecule has 100 valence electrons. The fourth-order valence-electron chi connectivity index (χ4n) is 1.46. The summed E-state index contributed by atoms with van der Waals surface area (Å²) < 4.78 is 5.33. The standard InChI is InChI=1S/C14H16N2O2S/c1-14(2,3)18-13(17)11-12(19-9-15-11)16-10-7-5-4-6-8-10/h4-9,16H,1-3H3. The molecule has 0 aliphatic heterocycles. The molecule has 0 aliphatic rings. The molecule has 1 heterocycles. The summed E-state index contributed by atoms with van der Waals surface area (Å²) >= 11 is 1.38. The highest BCUT2D eigenvalue weighted by Crippen LogP contribution is 2.26. The van der Waals surface area contributed by atoms with Gasteiger partial charge in [0.15, 0.2) is 5.69 Å². The van der Waals surface area contributed by atoms with Crippen LogP contribution in [-0.4, -0.2) is 16.6 Å². The maximum Gasteiger partial charge on any atom is 0.360 e. The molecule has 0 radical (unpaired) electrons. The highest BCUT2D eigenvalue weighted by molar-refractivity contribution is 7.14. The normalized spacial score (nSPS) is 11.1. The van der Waals surface area contributed by atoms with Gasteiger partial charge in [-0.05, 0) is 32.9 Å². The summed E-state index contributed by atoms with van der Waals surface area (Å²) in [5.41, 5.74) is 2.34. The van der Waals surface area contributed by atoms with Crippen molar-refractivity contribution in [2.24, 2.45) is 0 Å². The number of hydrogen-bond donors (Lipinski definition) is 1. The Bertz CT molecular complexity index is 558. The van der Waals surface area contributed by atoms with Gasteiger partial charge >= 0.3 is 5.97 Å². The Morgan fingerprint density at radius 3 is 2.58 bits per heavy atom. The second-order valence-corrected chi connectivity index (χ2v) is 5.88. The van der Waals surface area contributed by atoms with Gasteiger partial charge in [0, 0.05) is 5.69 Å². The van der Waals surface area contributed by atoms with Gasteiger partial charge in [0.2, 0.25) is 0 Å². The molecule has 2 rings (SSSR count). The minimum Gasteiger partial charge on any atom is -0.455 e. The van der Waals surface area contributed by atoms with E-state index in [4.69, 9.17) is 4.74 Å². The maximum atomic E-state index is 12.0. The molecule has 0 amide bonds. The topological polar surface area (TPSA) is 51.2 Å². The van der Waals surface area contributed by atoms with E-state index in [1.54, 1.807) is 5.51 Å². The summed E-state index contributed by atoms with van der Waals surface area (Å²) in [4.78, 5) is 16.1. The molecule has 0 bridgehead atoms. The van der Waals surface area contributed by atoms with Crippen molar-refractivity contribution in [1.82, 2.24) is 4.98 Å². The third-order valence-electron chi connectivity index (χ3n) is 2.19. The van der Waals surface area contributed by atoms with E-state index in [1.807, 2.05) is 51.1 Å². The highest BCUT2D eigenvalue weighted by atomic mass is 32.1. The number of hydrogen-bond acceptors (Lipinski definition) is 5. The molecule has 19 heavy (non-hydrogen) atoms. The minimum atomic E-state index is -0.523. The quantitative estimate of drug-likeness (QED) is 0.865. The molecule has 0 unspecified atom stereocenters. The average Bonchev–Trinajstić information content (AvgIpc) is 2.76. The van der Waals surface area contributed by atoms with Crippen LogP contribution >= 0.6 is 11.3 Å². The van der Waals surface area contributed by atoms with Crippen LogP contribution < -0.4 is 5.32 Å². The van der Waals surface area contributed by atoms with Crippen molar-refractivity contribution in [3.8, 4) is 0 Å². The van der Waals surface area contributed by atoms with Crippen LogP contribution in [0.1, 0.15) is 31.3 Å². The van der Waals surface area contributed by atoms with E-state index in [2.05, 4.69) is 10.3 Å². The lowest BCUT2D eigenvalue weighted by Crippen LogP contribution is -2.24. The molecule has 0 saturated heterocycles. The smallest absolute Gasteiger partial charge is 0.360 e. The van der Waals surface area contributed by atoms with Crippen molar-refractivity contribution in [2.45, 2.75) is 26.4 Å². The first-order valence-electron chi connectivity index (χ1n) is 5.94. The number of carbonyl (C=O) groups is 1. The predicted molar refractivity (Wildman–Crippen MR) is 77.0 cm³/mol. The number of thiazole rings is 1. The number of para-hydroxylation sites is 1. The van der Waals surface area contributed by atoms with Gasteiger partial charge < -0.3 is 10.1 Å². The highest BCUT2D eigenvalue weighted by Gasteiger charge is 2.22. The SMILES string of the molecule is CC(C)(C)OC(=O)c1ncsc1Nc1ccccc1. The van der Waals surface area contributed by atoms with Crippen molar-refractivity contribution in [2.75, 3.05) is 5.32 Å². The van der Waals surface area contributed by atoms with Gasteiger partial charge in [0.25, 0.3) is 0 Å². The van der Waals surface area contributed by atoms with Crippen LogP contribution in [0.3, 0.4) is 0 Å². The van der Waals surface area contributed by atoms with Crippen LogP contribution in [0.15, 0.2) is 35.8 Å². The van der Waals surface area contributed by atoms with Crippen molar-refractivity contribution < 1.29 is 9.53 Å². The number of aromatic nitrogens is 1. The van der Waals surface area contributed by atoms with Gasteiger partial charge in [-0.1, -0.05) is 18.2 Å². The summed E-state index contributed by atoms with van der Waals surface area (Å²) in [5, 5.41) is 3.87. The first kappa shape index (κ1) is 13.5. The molecule has 0 saturated carbocycles. The Morgan fingerprint density at radius 1 is 1.26 bits per heavy atom. The number of benzene rings is 1. The fraction of sp³-hybridized carbons (Fsp3) is 0.286. The molecule has 0 spiro atoms. The van der Waals surface area contributed by atoms with E-state index in [1.165, 1.54) is 11.3 Å². The zero-order valence-corrected chi connectivity index (χ0v) is 12.0. The summed E-state index contributed by atoms with van der Waals surface area (Å²) in [6.07, 6.45) is 0. The molecule has 4 nitrogen and oxygen atoms in total. The van der Waals surface area contributed by atoms with Crippen molar-refractivity contribution in [3.05, 3.63) is 41.5 Å². The Labute approximate surface area is 116 Å². The maximum absolute atomic E-state index is 12.0. The second-order valence-electron chi connectivity index (χ2n) is 5.02. The monoisotopic (exact) mass is 276 g/mol. The zero-order valence-electron chi connectivity index (χ0n) is 11.1. The van der Waals surface area contributed by atoms with Crippen LogP contribution in [0.4, 0.5) is 10.7 Å². The Kier molecular flexibility index (Phi) is 3.85. The number of nitrogens with one attached hydrogen (secondary N) is 1. The summed E-state index contributed by atoms with van der Waals surface area (Å²) in [7, 11) is 0. The van der Waals surface area contributed by atoms with E-state index in [9.17, 15) is 4.79 Å². The van der Waals surface area contributed by atoms with Gasteiger partial charge in [-0.15, -0.1) is 11.3 Å². The molecule has 5 heteroatoms. The largest absolute Gasteiger partial charge is 0.455 e. The lowest BCUT2D eigenvalue weighted by molar-refractivity contribution is 0.00649. The van der Waals surface area contributed by atoms with Crippen LogP contribution in [0, 0.1) is 0 Å².